The second-order valence-electron chi connectivity index (χ2n) is 12.0. The smallest absolute Gasteiger partial charge is 0.331 e. The summed E-state index contributed by atoms with van der Waals surface area (Å²) in [4.78, 5) is 40.0. The van der Waals surface area contributed by atoms with Crippen molar-refractivity contribution in [3.8, 4) is 0 Å². The molecule has 2 heterocycles. The van der Waals surface area contributed by atoms with Gasteiger partial charge in [0.25, 0.3) is 11.5 Å². The number of nitrogens with zero attached hydrogens (tertiary/aromatic N) is 1. The van der Waals surface area contributed by atoms with Crippen LogP contribution in [0.3, 0.4) is 0 Å². The number of fused-ring (bicyclic) bond motifs is 1. The molecule has 1 amide bonds. The van der Waals surface area contributed by atoms with Gasteiger partial charge in [0.1, 0.15) is 23.8 Å². The lowest BCUT2D eigenvalue weighted by molar-refractivity contribution is -0.162. The minimum Gasteiger partial charge on any atom is -0.461 e. The van der Waals surface area contributed by atoms with E-state index in [2.05, 4.69) is 5.32 Å². The first-order valence-electron chi connectivity index (χ1n) is 14.1. The molecule has 37 heavy (non-hydrogen) atoms. The number of pyridine rings is 1. The monoisotopic (exact) mass is 516 g/mol. The van der Waals surface area contributed by atoms with E-state index in [-0.39, 0.29) is 23.8 Å². The summed E-state index contributed by atoms with van der Waals surface area (Å²) in [5.74, 6) is -1.35. The third-order valence-electron chi connectivity index (χ3n) is 7.91. The van der Waals surface area contributed by atoms with Crippen molar-refractivity contribution in [1.82, 2.24) is 9.88 Å². The number of aromatic nitrogens is 1. The fourth-order valence-electron chi connectivity index (χ4n) is 5.81. The van der Waals surface area contributed by atoms with Gasteiger partial charge in [-0.15, -0.1) is 0 Å². The van der Waals surface area contributed by atoms with Gasteiger partial charge in [-0.25, -0.2) is 4.79 Å². The normalized spacial score (nSPS) is 22.5. The number of hydrogen-bond donors (Lipinski definition) is 1. The summed E-state index contributed by atoms with van der Waals surface area (Å²) in [6.07, 6.45) is 11.8. The highest BCUT2D eigenvalue weighted by Crippen LogP contribution is 2.27. The van der Waals surface area contributed by atoms with Gasteiger partial charge in [0.05, 0.1) is 6.61 Å². The molecule has 3 aliphatic rings. The lowest BCUT2D eigenvalue weighted by atomic mass is 9.88. The minimum atomic E-state index is -1.31. The van der Waals surface area contributed by atoms with Crippen LogP contribution < -0.4 is 10.9 Å². The van der Waals surface area contributed by atoms with Crippen molar-refractivity contribution >= 4 is 11.9 Å². The zero-order valence-corrected chi connectivity index (χ0v) is 23.0. The minimum absolute atomic E-state index is 0.0363. The molecule has 0 radical (unpaired) electrons. The Kier molecular flexibility index (Phi) is 8.79. The van der Waals surface area contributed by atoms with Gasteiger partial charge in [0.2, 0.25) is 0 Å². The summed E-state index contributed by atoms with van der Waals surface area (Å²) in [7, 11) is 0. The Labute approximate surface area is 220 Å². The number of amides is 1. The van der Waals surface area contributed by atoms with Crippen LogP contribution in [0.2, 0.25) is 0 Å². The maximum absolute atomic E-state index is 13.7. The van der Waals surface area contributed by atoms with E-state index >= 15 is 0 Å². The molecule has 4 rings (SSSR count). The molecule has 1 aromatic rings. The van der Waals surface area contributed by atoms with Gasteiger partial charge in [-0.3, -0.25) is 9.59 Å². The molecule has 1 aromatic heterocycles. The Hall–Kier alpha value is -2.19. The molecule has 1 saturated carbocycles. The zero-order valence-electron chi connectivity index (χ0n) is 23.0. The van der Waals surface area contributed by atoms with Gasteiger partial charge >= 0.3 is 5.97 Å². The van der Waals surface area contributed by atoms with Crippen LogP contribution in [0.5, 0.6) is 0 Å². The maximum Gasteiger partial charge on any atom is 0.331 e. The molecule has 1 saturated heterocycles. The van der Waals surface area contributed by atoms with E-state index in [0.29, 0.717) is 19.1 Å². The summed E-state index contributed by atoms with van der Waals surface area (Å²) in [5, 5.41) is 2.77. The summed E-state index contributed by atoms with van der Waals surface area (Å²) in [5.41, 5.74) is 0.765. The van der Waals surface area contributed by atoms with E-state index in [1.807, 2.05) is 18.4 Å². The lowest BCUT2D eigenvalue weighted by Crippen LogP contribution is -2.52. The van der Waals surface area contributed by atoms with E-state index in [0.717, 1.165) is 56.2 Å². The van der Waals surface area contributed by atoms with Crippen LogP contribution >= 0.6 is 0 Å². The van der Waals surface area contributed by atoms with Crippen LogP contribution in [-0.4, -0.2) is 47.1 Å². The summed E-state index contributed by atoms with van der Waals surface area (Å²) < 4.78 is 18.6. The van der Waals surface area contributed by atoms with Crippen LogP contribution in [0, 0.1) is 5.92 Å². The van der Waals surface area contributed by atoms with E-state index in [4.69, 9.17) is 14.2 Å². The van der Waals surface area contributed by atoms with Gasteiger partial charge < -0.3 is 24.1 Å². The Bertz CT molecular complexity index is 1040. The lowest BCUT2D eigenvalue weighted by Gasteiger charge is -2.28. The molecule has 0 bridgehead atoms. The molecule has 0 spiro atoms. The Morgan fingerprint density at radius 3 is 2.43 bits per heavy atom. The van der Waals surface area contributed by atoms with Crippen LogP contribution in [-0.2, 0) is 38.4 Å². The Balaban J connectivity index is 1.52. The molecule has 2 fully saturated rings. The van der Waals surface area contributed by atoms with Crippen molar-refractivity contribution in [3.05, 3.63) is 33.2 Å². The number of carbonyl (C=O) groups excluding carboxylic acids is 2. The molecular formula is C29H44N2O6. The molecule has 1 N–H and O–H groups in total. The van der Waals surface area contributed by atoms with Gasteiger partial charge in [-0.2, -0.15) is 0 Å². The van der Waals surface area contributed by atoms with Crippen molar-refractivity contribution in [1.29, 1.82) is 0 Å². The molecule has 1 unspecified atom stereocenters. The standard InChI is InChI=1S/C29H44N2O6/c1-28(2,27(34)35-18-22-19-36-29(3,4)37-22)30-25(32)23-16-21-14-10-5-6-11-15-24(21)31(26(23)33)17-20-12-8-7-9-13-20/h16,20,22H,5-15,17-19H2,1-4H3,(H,30,32). The SMILES string of the molecule is CC1(C)OCC(COC(=O)C(C)(C)NC(=O)c2cc3c(n(CC4CCCCC4)c2=O)CCCCCC3)O1. The van der Waals surface area contributed by atoms with E-state index < -0.39 is 23.2 Å². The Morgan fingerprint density at radius 1 is 1.08 bits per heavy atom. The quantitative estimate of drug-likeness (QED) is 0.543. The molecule has 1 aliphatic heterocycles. The number of ether oxygens (including phenoxy) is 3. The summed E-state index contributed by atoms with van der Waals surface area (Å²) in [6.45, 7) is 7.85. The predicted molar refractivity (Wildman–Crippen MR) is 141 cm³/mol. The van der Waals surface area contributed by atoms with Crippen LogP contribution in [0.1, 0.15) is 107 Å². The number of hydrogen-bond acceptors (Lipinski definition) is 6. The van der Waals surface area contributed by atoms with Crippen molar-refractivity contribution in [2.75, 3.05) is 13.2 Å². The van der Waals surface area contributed by atoms with E-state index in [1.54, 1.807) is 19.9 Å². The third kappa shape index (κ3) is 7.02. The fraction of sp³-hybridized carbons (Fsp3) is 0.759. The average molecular weight is 517 g/mol. The molecule has 8 nitrogen and oxygen atoms in total. The van der Waals surface area contributed by atoms with Crippen molar-refractivity contribution in [2.24, 2.45) is 5.92 Å². The van der Waals surface area contributed by atoms with Gasteiger partial charge in [0, 0.05) is 12.2 Å². The van der Waals surface area contributed by atoms with Crippen molar-refractivity contribution < 1.29 is 23.8 Å². The summed E-state index contributed by atoms with van der Waals surface area (Å²) >= 11 is 0. The number of aryl methyl sites for hydroxylation is 1. The molecule has 206 valence electrons. The van der Waals surface area contributed by atoms with Crippen LogP contribution in [0.25, 0.3) is 0 Å². The third-order valence-corrected chi connectivity index (χ3v) is 7.91. The van der Waals surface area contributed by atoms with Crippen LogP contribution in [0.4, 0.5) is 0 Å². The second kappa shape index (κ2) is 11.7. The van der Waals surface area contributed by atoms with Crippen molar-refractivity contribution in [2.45, 2.75) is 122 Å². The molecule has 1 atom stereocenters. The first kappa shape index (κ1) is 27.8. The number of nitrogens with one attached hydrogen (secondary N) is 1. The maximum atomic E-state index is 13.7. The molecule has 8 heteroatoms. The van der Waals surface area contributed by atoms with Gasteiger partial charge in [0.15, 0.2) is 5.79 Å². The second-order valence-corrected chi connectivity index (χ2v) is 12.0. The largest absolute Gasteiger partial charge is 0.461 e. The highest BCUT2D eigenvalue weighted by atomic mass is 16.7. The molecular weight excluding hydrogens is 472 g/mol. The first-order chi connectivity index (χ1) is 17.6. The fourth-order valence-corrected chi connectivity index (χ4v) is 5.81. The predicted octanol–water partition coefficient (Wildman–Crippen LogP) is 4.29. The highest BCUT2D eigenvalue weighted by Gasteiger charge is 2.37. The average Bonchev–Trinajstić information content (AvgIpc) is 3.18. The van der Waals surface area contributed by atoms with Gasteiger partial charge in [-0.1, -0.05) is 32.1 Å². The molecule has 0 aromatic carbocycles. The number of esters is 1. The number of carbonyl (C=O) groups is 2. The summed E-state index contributed by atoms with van der Waals surface area (Å²) in [6, 6.07) is 1.78. The van der Waals surface area contributed by atoms with Crippen LogP contribution in [0.15, 0.2) is 10.9 Å². The van der Waals surface area contributed by atoms with E-state index in [9.17, 15) is 14.4 Å². The number of rotatable bonds is 7. The van der Waals surface area contributed by atoms with Gasteiger partial charge in [-0.05, 0) is 83.8 Å². The van der Waals surface area contributed by atoms with E-state index in [1.165, 1.54) is 25.7 Å². The molecule has 2 aliphatic carbocycles. The zero-order chi connectivity index (χ0) is 26.6. The first-order valence-corrected chi connectivity index (χ1v) is 14.1. The Morgan fingerprint density at radius 2 is 1.76 bits per heavy atom. The van der Waals surface area contributed by atoms with Crippen molar-refractivity contribution in [3.63, 3.8) is 0 Å². The highest BCUT2D eigenvalue weighted by molar-refractivity contribution is 5.97. The topological polar surface area (TPSA) is 95.9 Å².